The summed E-state index contributed by atoms with van der Waals surface area (Å²) in [5.41, 5.74) is 1.36. The van der Waals surface area contributed by atoms with Crippen molar-refractivity contribution in [3.8, 4) is 11.5 Å². The van der Waals surface area contributed by atoms with Crippen molar-refractivity contribution in [2.75, 3.05) is 23.8 Å². The predicted molar refractivity (Wildman–Crippen MR) is 95.0 cm³/mol. The van der Waals surface area contributed by atoms with Gasteiger partial charge in [0, 0.05) is 18.0 Å². The maximum atomic E-state index is 12.1. The number of ether oxygens (including phenoxy) is 2. The number of hydrogen-bond donors (Lipinski definition) is 2. The molecular formula is C18H21N3O4. The van der Waals surface area contributed by atoms with E-state index < -0.39 is 11.8 Å². The highest BCUT2D eigenvalue weighted by Gasteiger charge is 2.16. The van der Waals surface area contributed by atoms with Crippen molar-refractivity contribution < 1.29 is 19.1 Å². The first kappa shape index (κ1) is 18.3. The molecule has 0 aliphatic heterocycles. The molecule has 1 aromatic heterocycles. The summed E-state index contributed by atoms with van der Waals surface area (Å²) in [6.45, 7) is 6.54. The van der Waals surface area contributed by atoms with E-state index >= 15 is 0 Å². The van der Waals surface area contributed by atoms with Crippen molar-refractivity contribution in [3.63, 3.8) is 0 Å². The summed E-state index contributed by atoms with van der Waals surface area (Å²) in [6, 6.07) is 8.42. The second-order valence-corrected chi connectivity index (χ2v) is 5.15. The molecule has 0 bridgehead atoms. The topological polar surface area (TPSA) is 89.5 Å². The van der Waals surface area contributed by atoms with Crippen LogP contribution < -0.4 is 20.1 Å². The molecule has 0 saturated heterocycles. The molecule has 0 saturated carbocycles. The molecule has 0 spiro atoms. The van der Waals surface area contributed by atoms with E-state index in [2.05, 4.69) is 15.6 Å². The molecule has 2 rings (SSSR count). The van der Waals surface area contributed by atoms with E-state index in [1.54, 1.807) is 36.5 Å². The molecular weight excluding hydrogens is 322 g/mol. The molecule has 1 aromatic carbocycles. The van der Waals surface area contributed by atoms with E-state index in [1.165, 1.54) is 0 Å². The van der Waals surface area contributed by atoms with Crippen LogP contribution in [0.5, 0.6) is 11.5 Å². The Morgan fingerprint density at radius 3 is 2.32 bits per heavy atom. The van der Waals surface area contributed by atoms with Crippen LogP contribution in [-0.2, 0) is 9.59 Å². The Bertz CT molecular complexity index is 762. The number of pyridine rings is 1. The van der Waals surface area contributed by atoms with Crippen molar-refractivity contribution in [1.29, 1.82) is 0 Å². The average molecular weight is 343 g/mol. The third-order valence-corrected chi connectivity index (χ3v) is 3.16. The van der Waals surface area contributed by atoms with E-state index in [-0.39, 0.29) is 0 Å². The number of benzene rings is 1. The number of carbonyl (C=O) groups is 2. The molecule has 0 atom stereocenters. The van der Waals surface area contributed by atoms with Gasteiger partial charge in [-0.2, -0.15) is 0 Å². The molecule has 132 valence electrons. The van der Waals surface area contributed by atoms with E-state index in [0.717, 1.165) is 5.56 Å². The first-order valence-electron chi connectivity index (χ1n) is 7.98. The summed E-state index contributed by atoms with van der Waals surface area (Å²) in [5.74, 6) is -0.194. The maximum Gasteiger partial charge on any atom is 0.315 e. The van der Waals surface area contributed by atoms with Crippen molar-refractivity contribution in [3.05, 3.63) is 42.1 Å². The Labute approximate surface area is 146 Å². The third kappa shape index (κ3) is 5.20. The lowest BCUT2D eigenvalue weighted by atomic mass is 10.2. The van der Waals surface area contributed by atoms with Crippen LogP contribution in [-0.4, -0.2) is 30.0 Å². The van der Waals surface area contributed by atoms with Crippen LogP contribution in [0.15, 0.2) is 36.5 Å². The molecule has 0 unspecified atom stereocenters. The second kappa shape index (κ2) is 8.68. The van der Waals surface area contributed by atoms with Crippen LogP contribution in [0.1, 0.15) is 19.4 Å². The van der Waals surface area contributed by atoms with Crippen molar-refractivity contribution in [2.24, 2.45) is 0 Å². The maximum absolute atomic E-state index is 12.1. The Kier molecular flexibility index (Phi) is 6.33. The number of aromatic nitrogens is 1. The minimum absolute atomic E-state index is 0.321. The molecule has 2 N–H and O–H groups in total. The lowest BCUT2D eigenvalue weighted by molar-refractivity contribution is -0.133. The van der Waals surface area contributed by atoms with Crippen LogP contribution in [0, 0.1) is 6.92 Å². The number of nitrogens with one attached hydrogen (secondary N) is 2. The second-order valence-electron chi connectivity index (χ2n) is 5.15. The largest absolute Gasteiger partial charge is 0.490 e. The molecule has 0 aliphatic rings. The van der Waals surface area contributed by atoms with Crippen LogP contribution in [0.4, 0.5) is 11.5 Å². The molecule has 0 radical (unpaired) electrons. The van der Waals surface area contributed by atoms with Gasteiger partial charge in [-0.1, -0.05) is 0 Å². The van der Waals surface area contributed by atoms with Gasteiger partial charge in [0.2, 0.25) is 0 Å². The average Bonchev–Trinajstić information content (AvgIpc) is 2.57. The molecule has 7 nitrogen and oxygen atoms in total. The van der Waals surface area contributed by atoms with Crippen molar-refractivity contribution in [2.45, 2.75) is 20.8 Å². The fourth-order valence-corrected chi connectivity index (χ4v) is 2.09. The zero-order valence-corrected chi connectivity index (χ0v) is 14.5. The summed E-state index contributed by atoms with van der Waals surface area (Å²) in [7, 11) is 0. The van der Waals surface area contributed by atoms with Gasteiger partial charge < -0.3 is 20.1 Å². The zero-order valence-electron chi connectivity index (χ0n) is 14.5. The minimum atomic E-state index is -0.801. The Morgan fingerprint density at radius 1 is 0.960 bits per heavy atom. The van der Waals surface area contributed by atoms with E-state index in [9.17, 15) is 9.59 Å². The van der Waals surface area contributed by atoms with Gasteiger partial charge in [0.15, 0.2) is 11.5 Å². The van der Waals surface area contributed by atoms with Crippen molar-refractivity contribution in [1.82, 2.24) is 4.98 Å². The van der Waals surface area contributed by atoms with Crippen LogP contribution in [0.3, 0.4) is 0 Å². The van der Waals surface area contributed by atoms with Gasteiger partial charge >= 0.3 is 11.8 Å². The lowest BCUT2D eigenvalue weighted by Gasteiger charge is -2.13. The molecule has 0 fully saturated rings. The number of rotatable bonds is 6. The van der Waals surface area contributed by atoms with Crippen molar-refractivity contribution >= 4 is 23.3 Å². The highest BCUT2D eigenvalue weighted by molar-refractivity contribution is 6.43. The normalized spacial score (nSPS) is 10.0. The highest BCUT2D eigenvalue weighted by Crippen LogP contribution is 2.30. The minimum Gasteiger partial charge on any atom is -0.490 e. The summed E-state index contributed by atoms with van der Waals surface area (Å²) in [5, 5.41) is 4.99. The SMILES string of the molecule is CCOc1ccc(NC(=O)C(=O)Nc2cc(C)ccn2)cc1OCC. The van der Waals surface area contributed by atoms with Gasteiger partial charge in [-0.25, -0.2) is 4.98 Å². The third-order valence-electron chi connectivity index (χ3n) is 3.16. The lowest BCUT2D eigenvalue weighted by Crippen LogP contribution is -2.29. The van der Waals surface area contributed by atoms with Gasteiger partial charge in [-0.05, 0) is 50.6 Å². The first-order chi connectivity index (χ1) is 12.0. The van der Waals surface area contributed by atoms with Gasteiger partial charge in [-0.15, -0.1) is 0 Å². The fourth-order valence-electron chi connectivity index (χ4n) is 2.09. The van der Waals surface area contributed by atoms with Crippen LogP contribution in [0.25, 0.3) is 0 Å². The number of carbonyl (C=O) groups excluding carboxylic acids is 2. The van der Waals surface area contributed by atoms with E-state index in [0.29, 0.717) is 36.2 Å². The van der Waals surface area contributed by atoms with Crippen LogP contribution >= 0.6 is 0 Å². The van der Waals surface area contributed by atoms with Gasteiger partial charge in [0.1, 0.15) is 5.82 Å². The Hall–Kier alpha value is -3.09. The molecule has 1 heterocycles. The molecule has 25 heavy (non-hydrogen) atoms. The molecule has 0 aliphatic carbocycles. The smallest absolute Gasteiger partial charge is 0.315 e. The van der Waals surface area contributed by atoms with Gasteiger partial charge in [-0.3, -0.25) is 9.59 Å². The number of nitrogens with zero attached hydrogens (tertiary/aromatic N) is 1. The fraction of sp³-hybridized carbons (Fsp3) is 0.278. The predicted octanol–water partition coefficient (Wildman–Crippen LogP) is 2.76. The summed E-state index contributed by atoms with van der Waals surface area (Å²) in [4.78, 5) is 28.0. The van der Waals surface area contributed by atoms with Gasteiger partial charge in [0.25, 0.3) is 0 Å². The highest BCUT2D eigenvalue weighted by atomic mass is 16.5. The molecule has 2 amide bonds. The monoisotopic (exact) mass is 343 g/mol. The van der Waals surface area contributed by atoms with Gasteiger partial charge in [0.05, 0.1) is 13.2 Å². The number of amides is 2. The first-order valence-corrected chi connectivity index (χ1v) is 7.98. The number of aryl methyl sites for hydroxylation is 1. The van der Waals surface area contributed by atoms with Crippen LogP contribution in [0.2, 0.25) is 0 Å². The quantitative estimate of drug-likeness (QED) is 0.787. The summed E-state index contributed by atoms with van der Waals surface area (Å²) < 4.78 is 11.0. The Morgan fingerprint density at radius 2 is 1.64 bits per heavy atom. The van der Waals surface area contributed by atoms with E-state index in [1.807, 2.05) is 20.8 Å². The Balaban J connectivity index is 2.06. The van der Waals surface area contributed by atoms with E-state index in [4.69, 9.17) is 9.47 Å². The summed E-state index contributed by atoms with van der Waals surface area (Å²) in [6.07, 6.45) is 1.56. The standard InChI is InChI=1S/C18H21N3O4/c1-4-24-14-7-6-13(11-15(14)25-5-2)20-17(22)18(23)21-16-10-12(3)8-9-19-16/h6-11H,4-5H2,1-3H3,(H,20,22)(H,19,21,23). The summed E-state index contributed by atoms with van der Waals surface area (Å²) >= 11 is 0. The number of hydrogen-bond acceptors (Lipinski definition) is 5. The zero-order chi connectivity index (χ0) is 18.2. The molecule has 2 aromatic rings. The molecule has 7 heteroatoms. The number of anilines is 2.